The van der Waals surface area contributed by atoms with E-state index in [0.717, 1.165) is 37.6 Å². The molecule has 1 aliphatic rings. The van der Waals surface area contributed by atoms with Gasteiger partial charge in [0.2, 0.25) is 0 Å². The second-order valence-corrected chi connectivity index (χ2v) is 5.14. The molecule has 0 aliphatic carbocycles. The van der Waals surface area contributed by atoms with E-state index in [1.807, 2.05) is 19.1 Å². The Balaban J connectivity index is 2.36. The van der Waals surface area contributed by atoms with E-state index in [-0.39, 0.29) is 5.78 Å². The maximum absolute atomic E-state index is 12.0. The minimum absolute atomic E-state index is 0.212. The van der Waals surface area contributed by atoms with E-state index in [1.165, 1.54) is 4.90 Å². The maximum Gasteiger partial charge on any atom is 0.164 e. The number of morpholine rings is 1. The van der Waals surface area contributed by atoms with Crippen molar-refractivity contribution in [2.24, 2.45) is 0 Å². The third-order valence-electron chi connectivity index (χ3n) is 3.18. The van der Waals surface area contributed by atoms with Crippen molar-refractivity contribution in [1.29, 1.82) is 0 Å². The largest absolute Gasteiger partial charge is 0.378 e. The number of hydrogen-bond donors (Lipinski definition) is 0. The molecule has 2 rings (SSSR count). The predicted octanol–water partition coefficient (Wildman–Crippen LogP) is 2.84. The van der Waals surface area contributed by atoms with Gasteiger partial charge in [0.25, 0.3) is 0 Å². The van der Waals surface area contributed by atoms with E-state index in [4.69, 9.17) is 4.74 Å². The number of carbonyl (C=O) groups is 1. The Morgan fingerprint density at radius 1 is 1.39 bits per heavy atom. The molecular formula is C14H19NO2S. The Morgan fingerprint density at radius 3 is 2.72 bits per heavy atom. The number of rotatable bonds is 4. The molecule has 0 bridgehead atoms. The number of ether oxygens (including phenoxy) is 1. The van der Waals surface area contributed by atoms with Gasteiger partial charge in [-0.3, -0.25) is 4.79 Å². The average Bonchev–Trinajstić information content (AvgIpc) is 2.46. The van der Waals surface area contributed by atoms with E-state index in [0.29, 0.717) is 6.42 Å². The van der Waals surface area contributed by atoms with Crippen LogP contribution in [-0.4, -0.2) is 38.3 Å². The molecule has 0 radical (unpaired) electrons. The van der Waals surface area contributed by atoms with Gasteiger partial charge in [-0.15, -0.1) is 11.8 Å². The first-order valence-corrected chi connectivity index (χ1v) is 7.52. The Kier molecular flexibility index (Phi) is 4.66. The van der Waals surface area contributed by atoms with Crippen LogP contribution in [0.4, 0.5) is 5.69 Å². The third kappa shape index (κ3) is 2.87. The van der Waals surface area contributed by atoms with Gasteiger partial charge in [0.1, 0.15) is 0 Å². The maximum atomic E-state index is 12.0. The Hall–Kier alpha value is -1.00. The lowest BCUT2D eigenvalue weighted by molar-refractivity contribution is 0.0986. The third-order valence-corrected chi connectivity index (χ3v) is 3.90. The molecular weight excluding hydrogens is 246 g/mol. The molecule has 0 spiro atoms. The van der Waals surface area contributed by atoms with Crippen molar-refractivity contribution in [1.82, 2.24) is 0 Å². The quantitative estimate of drug-likeness (QED) is 0.618. The molecule has 18 heavy (non-hydrogen) atoms. The highest BCUT2D eigenvalue weighted by atomic mass is 32.2. The molecule has 98 valence electrons. The molecule has 0 aromatic heterocycles. The van der Waals surface area contributed by atoms with Crippen molar-refractivity contribution in [3.05, 3.63) is 23.8 Å². The minimum atomic E-state index is 0.212. The number of anilines is 1. The number of benzene rings is 1. The van der Waals surface area contributed by atoms with Gasteiger partial charge < -0.3 is 9.64 Å². The van der Waals surface area contributed by atoms with Gasteiger partial charge in [0.05, 0.1) is 13.2 Å². The molecule has 1 aromatic rings. The number of thioether (sulfide) groups is 1. The van der Waals surface area contributed by atoms with E-state index in [1.54, 1.807) is 11.8 Å². The predicted molar refractivity (Wildman–Crippen MR) is 75.9 cm³/mol. The molecule has 1 heterocycles. The number of carbonyl (C=O) groups excluding carboxylic acids is 1. The number of hydrogen-bond acceptors (Lipinski definition) is 4. The highest BCUT2D eigenvalue weighted by molar-refractivity contribution is 7.98. The summed E-state index contributed by atoms with van der Waals surface area (Å²) in [6.07, 6.45) is 2.61. The Morgan fingerprint density at radius 2 is 2.11 bits per heavy atom. The zero-order valence-electron chi connectivity index (χ0n) is 10.9. The molecule has 0 N–H and O–H groups in total. The first kappa shape index (κ1) is 13.4. The lowest BCUT2D eigenvalue weighted by Gasteiger charge is -2.30. The summed E-state index contributed by atoms with van der Waals surface area (Å²) in [6.45, 7) is 5.12. The summed E-state index contributed by atoms with van der Waals surface area (Å²) in [7, 11) is 0. The van der Waals surface area contributed by atoms with Crippen molar-refractivity contribution in [3.63, 3.8) is 0 Å². The average molecular weight is 265 g/mol. The lowest BCUT2D eigenvalue weighted by Crippen LogP contribution is -2.37. The van der Waals surface area contributed by atoms with Gasteiger partial charge in [-0.25, -0.2) is 0 Å². The SMILES string of the molecule is CCC(=O)c1ccc(SC)cc1N1CCOCC1. The van der Waals surface area contributed by atoms with Crippen LogP contribution in [0.2, 0.25) is 0 Å². The van der Waals surface area contributed by atoms with Gasteiger partial charge >= 0.3 is 0 Å². The Labute approximate surface area is 113 Å². The molecule has 0 unspecified atom stereocenters. The van der Waals surface area contributed by atoms with Crippen LogP contribution < -0.4 is 4.90 Å². The molecule has 0 atom stereocenters. The molecule has 1 fully saturated rings. The lowest BCUT2D eigenvalue weighted by atomic mass is 10.1. The van der Waals surface area contributed by atoms with Crippen LogP contribution in [0.25, 0.3) is 0 Å². The normalized spacial score (nSPS) is 15.8. The molecule has 3 nitrogen and oxygen atoms in total. The summed E-state index contributed by atoms with van der Waals surface area (Å²) < 4.78 is 5.37. The fourth-order valence-corrected chi connectivity index (χ4v) is 2.56. The van der Waals surface area contributed by atoms with Crippen LogP contribution in [0.3, 0.4) is 0 Å². The van der Waals surface area contributed by atoms with Crippen LogP contribution >= 0.6 is 11.8 Å². The molecule has 1 saturated heterocycles. The fraction of sp³-hybridized carbons (Fsp3) is 0.500. The summed E-state index contributed by atoms with van der Waals surface area (Å²) in [5.41, 5.74) is 1.91. The first-order valence-electron chi connectivity index (χ1n) is 6.30. The molecule has 4 heteroatoms. The Bertz CT molecular complexity index is 428. The van der Waals surface area contributed by atoms with Crippen molar-refractivity contribution >= 4 is 23.2 Å². The number of ketones is 1. The van der Waals surface area contributed by atoms with Crippen molar-refractivity contribution in [3.8, 4) is 0 Å². The molecule has 1 aliphatic heterocycles. The fourth-order valence-electron chi connectivity index (χ4n) is 2.13. The monoisotopic (exact) mass is 265 g/mol. The van der Waals surface area contributed by atoms with Gasteiger partial charge in [0, 0.05) is 35.7 Å². The van der Waals surface area contributed by atoms with Gasteiger partial charge in [-0.2, -0.15) is 0 Å². The summed E-state index contributed by atoms with van der Waals surface area (Å²) in [4.78, 5) is 15.5. The minimum Gasteiger partial charge on any atom is -0.378 e. The first-order chi connectivity index (χ1) is 8.76. The summed E-state index contributed by atoms with van der Waals surface area (Å²) in [6, 6.07) is 6.11. The van der Waals surface area contributed by atoms with Crippen LogP contribution in [0.1, 0.15) is 23.7 Å². The van der Waals surface area contributed by atoms with E-state index in [2.05, 4.69) is 17.2 Å². The zero-order chi connectivity index (χ0) is 13.0. The van der Waals surface area contributed by atoms with Gasteiger partial charge in [0.15, 0.2) is 5.78 Å². The molecule has 0 saturated carbocycles. The van der Waals surface area contributed by atoms with Crippen molar-refractivity contribution in [2.75, 3.05) is 37.5 Å². The number of Topliss-reactive ketones (excluding diaryl/α,β-unsaturated/α-hetero) is 1. The van der Waals surface area contributed by atoms with E-state index < -0.39 is 0 Å². The topological polar surface area (TPSA) is 29.5 Å². The smallest absolute Gasteiger partial charge is 0.164 e. The second kappa shape index (κ2) is 6.25. The van der Waals surface area contributed by atoms with Crippen molar-refractivity contribution < 1.29 is 9.53 Å². The van der Waals surface area contributed by atoms with Gasteiger partial charge in [-0.05, 0) is 24.5 Å². The highest BCUT2D eigenvalue weighted by Gasteiger charge is 2.18. The van der Waals surface area contributed by atoms with Crippen LogP contribution in [0.5, 0.6) is 0 Å². The van der Waals surface area contributed by atoms with Crippen LogP contribution in [0.15, 0.2) is 23.1 Å². The van der Waals surface area contributed by atoms with E-state index >= 15 is 0 Å². The summed E-state index contributed by atoms with van der Waals surface area (Å²) in [5, 5.41) is 0. The summed E-state index contributed by atoms with van der Waals surface area (Å²) >= 11 is 1.71. The van der Waals surface area contributed by atoms with Gasteiger partial charge in [-0.1, -0.05) is 6.92 Å². The van der Waals surface area contributed by atoms with Crippen LogP contribution in [0, 0.1) is 0 Å². The van der Waals surface area contributed by atoms with Crippen molar-refractivity contribution in [2.45, 2.75) is 18.2 Å². The zero-order valence-corrected chi connectivity index (χ0v) is 11.8. The molecule has 1 aromatic carbocycles. The highest BCUT2D eigenvalue weighted by Crippen LogP contribution is 2.28. The van der Waals surface area contributed by atoms with E-state index in [9.17, 15) is 4.79 Å². The number of nitrogens with zero attached hydrogens (tertiary/aromatic N) is 1. The van der Waals surface area contributed by atoms with Crippen LogP contribution in [-0.2, 0) is 4.74 Å². The standard InChI is InChI=1S/C14H19NO2S/c1-3-14(16)12-5-4-11(18-2)10-13(12)15-6-8-17-9-7-15/h4-5,10H,3,6-9H2,1-2H3. The summed E-state index contributed by atoms with van der Waals surface area (Å²) in [5.74, 6) is 0.212. The molecule has 0 amide bonds. The second-order valence-electron chi connectivity index (χ2n) is 4.26.